The van der Waals surface area contributed by atoms with E-state index in [1.165, 1.54) is 12.5 Å². The third-order valence-corrected chi connectivity index (χ3v) is 8.87. The van der Waals surface area contributed by atoms with Crippen molar-refractivity contribution < 1.29 is 13.2 Å². The molecule has 0 saturated heterocycles. The Hall–Kier alpha value is -2.18. The van der Waals surface area contributed by atoms with E-state index >= 15 is 0 Å². The number of sulfonamides is 1. The summed E-state index contributed by atoms with van der Waals surface area (Å²) in [5.41, 5.74) is 2.46. The average molecular weight is 441 g/mol. The minimum absolute atomic E-state index is 0.104. The Balaban J connectivity index is 1.80. The zero-order chi connectivity index (χ0) is 22.3. The minimum atomic E-state index is -3.71. The van der Waals surface area contributed by atoms with Crippen molar-refractivity contribution in [3.05, 3.63) is 59.7 Å². The fraction of sp³-hybridized carbons (Fsp3) is 0.480. The predicted molar refractivity (Wildman–Crippen MR) is 123 cm³/mol. The van der Waals surface area contributed by atoms with E-state index in [2.05, 4.69) is 37.4 Å². The molecule has 0 aromatic heterocycles. The molecule has 1 saturated carbocycles. The molecule has 2 aromatic rings. The third kappa shape index (κ3) is 4.15. The summed E-state index contributed by atoms with van der Waals surface area (Å²) in [5.74, 6) is -0.178. The lowest BCUT2D eigenvalue weighted by molar-refractivity contribution is -0.114. The number of carbonyl (C=O) groups excluding carboxylic acids is 1. The summed E-state index contributed by atoms with van der Waals surface area (Å²) in [6.45, 7) is 6.34. The molecule has 2 aliphatic rings. The van der Waals surface area contributed by atoms with Crippen molar-refractivity contribution in [1.29, 1.82) is 0 Å². The Morgan fingerprint density at radius 3 is 2.26 bits per heavy atom. The summed E-state index contributed by atoms with van der Waals surface area (Å²) in [6.07, 6.45) is 5.88. The summed E-state index contributed by atoms with van der Waals surface area (Å²) in [5, 5.41) is 2.71. The van der Waals surface area contributed by atoms with Gasteiger partial charge in [0.25, 0.3) is 0 Å². The number of anilines is 1. The van der Waals surface area contributed by atoms with Crippen LogP contribution < -0.4 is 5.32 Å². The minimum Gasteiger partial charge on any atom is -0.326 e. The molecule has 1 aliphatic heterocycles. The van der Waals surface area contributed by atoms with Crippen LogP contribution in [0.3, 0.4) is 0 Å². The second-order valence-electron chi connectivity index (χ2n) is 9.72. The van der Waals surface area contributed by atoms with Crippen LogP contribution in [0.2, 0.25) is 0 Å². The highest BCUT2D eigenvalue weighted by molar-refractivity contribution is 7.89. The van der Waals surface area contributed by atoms with Crippen LogP contribution in [-0.4, -0.2) is 24.2 Å². The molecule has 1 spiro atoms. The highest BCUT2D eigenvalue weighted by Crippen LogP contribution is 2.49. The lowest BCUT2D eigenvalue weighted by Crippen LogP contribution is -2.53. The molecule has 1 amide bonds. The normalized spacial score (nSPS) is 20.6. The molecule has 6 heteroatoms. The van der Waals surface area contributed by atoms with Crippen LogP contribution >= 0.6 is 0 Å². The van der Waals surface area contributed by atoms with E-state index in [-0.39, 0.29) is 21.8 Å². The molecule has 166 valence electrons. The van der Waals surface area contributed by atoms with Crippen molar-refractivity contribution in [2.24, 2.45) is 0 Å². The van der Waals surface area contributed by atoms with Crippen LogP contribution in [0, 0.1) is 0 Å². The predicted octanol–water partition coefficient (Wildman–Crippen LogP) is 5.22. The van der Waals surface area contributed by atoms with Crippen LogP contribution in [0.5, 0.6) is 0 Å². The van der Waals surface area contributed by atoms with E-state index in [4.69, 9.17) is 0 Å². The highest BCUT2D eigenvalue weighted by atomic mass is 32.2. The van der Waals surface area contributed by atoms with Crippen molar-refractivity contribution >= 4 is 21.6 Å². The number of nitrogens with one attached hydrogen (secondary N) is 1. The SMILES string of the molecule is CC(=O)Nc1ccc(S(=O)(=O)N2Cc3ccccc3C(C)(C)CC23CCCCC3)cc1. The largest absolute Gasteiger partial charge is 0.326 e. The molecule has 1 fully saturated rings. The molecule has 0 unspecified atom stereocenters. The van der Waals surface area contributed by atoms with Gasteiger partial charge < -0.3 is 5.32 Å². The van der Waals surface area contributed by atoms with Crippen LogP contribution in [0.1, 0.15) is 70.4 Å². The van der Waals surface area contributed by atoms with Crippen LogP contribution in [0.25, 0.3) is 0 Å². The number of hydrogen-bond donors (Lipinski definition) is 1. The van der Waals surface area contributed by atoms with E-state index < -0.39 is 10.0 Å². The Morgan fingerprint density at radius 2 is 1.61 bits per heavy atom. The number of carbonyl (C=O) groups is 1. The molecule has 5 nitrogen and oxygen atoms in total. The average Bonchev–Trinajstić information content (AvgIpc) is 2.81. The lowest BCUT2D eigenvalue weighted by Gasteiger charge is -2.47. The maximum Gasteiger partial charge on any atom is 0.243 e. The van der Waals surface area contributed by atoms with Gasteiger partial charge in [-0.2, -0.15) is 4.31 Å². The Bertz CT molecular complexity index is 1070. The summed E-state index contributed by atoms with van der Waals surface area (Å²) in [6, 6.07) is 14.8. The van der Waals surface area contributed by atoms with Crippen molar-refractivity contribution in [2.45, 2.75) is 81.7 Å². The van der Waals surface area contributed by atoms with E-state index in [1.807, 2.05) is 6.07 Å². The number of benzene rings is 2. The van der Waals surface area contributed by atoms with Gasteiger partial charge in [-0.25, -0.2) is 8.42 Å². The highest BCUT2D eigenvalue weighted by Gasteiger charge is 2.50. The van der Waals surface area contributed by atoms with E-state index in [1.54, 1.807) is 28.6 Å². The Kier molecular flexibility index (Phi) is 5.73. The standard InChI is InChI=1S/C25H32N2O3S/c1-19(28)26-21-11-13-22(14-12-21)31(29,30)27-17-20-9-5-6-10-23(20)24(2,3)18-25(27)15-7-4-8-16-25/h5-6,9-14H,4,7-8,15-18H2,1-3H3,(H,26,28). The van der Waals surface area contributed by atoms with Gasteiger partial charge in [0.15, 0.2) is 0 Å². The summed E-state index contributed by atoms with van der Waals surface area (Å²) in [4.78, 5) is 11.6. The molecule has 0 bridgehead atoms. The molecule has 31 heavy (non-hydrogen) atoms. The number of amides is 1. The van der Waals surface area contributed by atoms with E-state index in [0.717, 1.165) is 44.1 Å². The van der Waals surface area contributed by atoms with Gasteiger partial charge in [0.1, 0.15) is 0 Å². The monoisotopic (exact) mass is 440 g/mol. The van der Waals surface area contributed by atoms with Crippen LogP contribution in [-0.2, 0) is 26.8 Å². The molecular weight excluding hydrogens is 408 g/mol. The second kappa shape index (κ2) is 8.06. The first-order valence-electron chi connectivity index (χ1n) is 11.1. The van der Waals surface area contributed by atoms with Crippen LogP contribution in [0.15, 0.2) is 53.4 Å². The summed E-state index contributed by atoms with van der Waals surface area (Å²) in [7, 11) is -3.71. The fourth-order valence-electron chi connectivity index (χ4n) is 5.66. The second-order valence-corrected chi connectivity index (χ2v) is 11.6. The smallest absolute Gasteiger partial charge is 0.243 e. The zero-order valence-corrected chi connectivity index (χ0v) is 19.5. The molecule has 1 N–H and O–H groups in total. The van der Waals surface area contributed by atoms with Crippen LogP contribution in [0.4, 0.5) is 5.69 Å². The van der Waals surface area contributed by atoms with Gasteiger partial charge in [0.05, 0.1) is 4.90 Å². The van der Waals surface area contributed by atoms with Gasteiger partial charge in [-0.1, -0.05) is 57.4 Å². The first kappa shape index (κ1) is 22.0. The molecule has 0 radical (unpaired) electrons. The van der Waals surface area contributed by atoms with Crippen molar-refractivity contribution in [3.63, 3.8) is 0 Å². The fourth-order valence-corrected chi connectivity index (χ4v) is 7.46. The van der Waals surface area contributed by atoms with Crippen molar-refractivity contribution in [1.82, 2.24) is 4.31 Å². The Morgan fingerprint density at radius 1 is 0.968 bits per heavy atom. The molecular formula is C25H32N2O3S. The maximum atomic E-state index is 14.0. The van der Waals surface area contributed by atoms with E-state index in [0.29, 0.717) is 12.2 Å². The molecule has 1 heterocycles. The molecule has 2 aromatic carbocycles. The quantitative estimate of drug-likeness (QED) is 0.711. The zero-order valence-electron chi connectivity index (χ0n) is 18.6. The number of fused-ring (bicyclic) bond motifs is 1. The molecule has 4 rings (SSSR count). The van der Waals surface area contributed by atoms with Gasteiger partial charge in [0.2, 0.25) is 15.9 Å². The summed E-state index contributed by atoms with van der Waals surface area (Å²) >= 11 is 0. The first-order valence-corrected chi connectivity index (χ1v) is 12.6. The van der Waals surface area contributed by atoms with Crippen molar-refractivity contribution in [3.8, 4) is 0 Å². The number of rotatable bonds is 3. The number of nitrogens with zero attached hydrogens (tertiary/aromatic N) is 1. The van der Waals surface area contributed by atoms with E-state index in [9.17, 15) is 13.2 Å². The van der Waals surface area contributed by atoms with Gasteiger partial charge >= 0.3 is 0 Å². The van der Waals surface area contributed by atoms with Gasteiger partial charge in [0, 0.05) is 24.7 Å². The Labute approximate surface area is 185 Å². The van der Waals surface area contributed by atoms with Gasteiger partial charge in [-0.3, -0.25) is 4.79 Å². The lowest BCUT2D eigenvalue weighted by atomic mass is 9.69. The number of hydrogen-bond acceptors (Lipinski definition) is 3. The van der Waals surface area contributed by atoms with Crippen molar-refractivity contribution in [2.75, 3.05) is 5.32 Å². The first-order chi connectivity index (χ1) is 14.6. The third-order valence-electron chi connectivity index (χ3n) is 6.91. The molecule has 0 atom stereocenters. The van der Waals surface area contributed by atoms with Gasteiger partial charge in [-0.05, 0) is 60.1 Å². The topological polar surface area (TPSA) is 66.5 Å². The van der Waals surface area contributed by atoms with Gasteiger partial charge in [-0.15, -0.1) is 0 Å². The molecule has 1 aliphatic carbocycles. The summed E-state index contributed by atoms with van der Waals surface area (Å²) < 4.78 is 29.8. The maximum absolute atomic E-state index is 14.0.